The molecule has 2 heterocycles. The van der Waals surface area contributed by atoms with E-state index in [1.54, 1.807) is 0 Å². The zero-order chi connectivity index (χ0) is 33.1. The van der Waals surface area contributed by atoms with Crippen LogP contribution in [0, 0.1) is 0 Å². The monoisotopic (exact) mass is 634 g/mol. The summed E-state index contributed by atoms with van der Waals surface area (Å²) in [6.07, 6.45) is -10.1. The van der Waals surface area contributed by atoms with E-state index >= 15 is 0 Å². The van der Waals surface area contributed by atoms with Crippen molar-refractivity contribution in [3.8, 4) is 62.9 Å². The number of phenols is 9. The Kier molecular flexibility index (Phi) is 7.49. The van der Waals surface area contributed by atoms with Crippen molar-refractivity contribution in [3.63, 3.8) is 0 Å². The fourth-order valence-corrected chi connectivity index (χ4v) is 4.72. The van der Waals surface area contributed by atoms with Gasteiger partial charge in [-0.05, 0) is 24.3 Å². The van der Waals surface area contributed by atoms with Gasteiger partial charge in [0.15, 0.2) is 46.4 Å². The highest BCUT2D eigenvalue weighted by Gasteiger charge is 2.50. The summed E-state index contributed by atoms with van der Waals surface area (Å²) >= 11 is 0. The molecular formula is C27H22O18. The minimum Gasteiger partial charge on any atom is -0.504 e. The van der Waals surface area contributed by atoms with Gasteiger partial charge in [-0.2, -0.15) is 0 Å². The molecule has 2 aliphatic heterocycles. The highest BCUT2D eigenvalue weighted by molar-refractivity contribution is 6.08. The lowest BCUT2D eigenvalue weighted by atomic mass is 9.92. The Morgan fingerprint density at radius 3 is 1.69 bits per heavy atom. The predicted molar refractivity (Wildman–Crippen MR) is 139 cm³/mol. The van der Waals surface area contributed by atoms with E-state index in [1.165, 1.54) is 0 Å². The number of fused-ring (bicyclic) bond motifs is 4. The van der Waals surface area contributed by atoms with Gasteiger partial charge in [-0.1, -0.05) is 0 Å². The molecule has 0 radical (unpaired) electrons. The Hall–Kier alpha value is -5.85. The summed E-state index contributed by atoms with van der Waals surface area (Å²) in [5, 5.41) is 112. The average molecular weight is 634 g/mol. The number of hydrogen-bond donors (Lipinski definition) is 11. The molecule has 18 nitrogen and oxygen atoms in total. The molecule has 0 saturated carbocycles. The van der Waals surface area contributed by atoms with Gasteiger partial charge in [0.2, 0.25) is 17.8 Å². The van der Waals surface area contributed by atoms with Crippen LogP contribution in [0.1, 0.15) is 31.1 Å². The van der Waals surface area contributed by atoms with Gasteiger partial charge in [0.25, 0.3) is 0 Å². The van der Waals surface area contributed by atoms with Crippen molar-refractivity contribution in [2.24, 2.45) is 0 Å². The highest BCUT2D eigenvalue weighted by atomic mass is 16.7. The summed E-state index contributed by atoms with van der Waals surface area (Å²) in [6.45, 7) is -0.948. The van der Waals surface area contributed by atoms with Crippen LogP contribution in [0.25, 0.3) is 11.1 Å². The summed E-state index contributed by atoms with van der Waals surface area (Å²) in [7, 11) is 0. The van der Waals surface area contributed by atoms with Crippen molar-refractivity contribution in [1.82, 2.24) is 0 Å². The van der Waals surface area contributed by atoms with E-state index in [0.717, 1.165) is 0 Å². The minimum absolute atomic E-state index is 0.539. The molecule has 18 heteroatoms. The predicted octanol–water partition coefficient (Wildman–Crippen LogP) is -0.297. The molecule has 1 fully saturated rings. The average Bonchev–Trinajstić information content (AvgIpc) is 3.01. The third kappa shape index (κ3) is 5.07. The fourth-order valence-electron chi connectivity index (χ4n) is 4.72. The molecule has 238 valence electrons. The lowest BCUT2D eigenvalue weighted by Gasteiger charge is -2.41. The molecular weight excluding hydrogens is 612 g/mol. The van der Waals surface area contributed by atoms with E-state index < -0.39 is 135 Å². The van der Waals surface area contributed by atoms with Gasteiger partial charge < -0.3 is 75.1 Å². The Morgan fingerprint density at radius 2 is 1.16 bits per heavy atom. The molecule has 2 aliphatic rings. The van der Waals surface area contributed by atoms with Crippen molar-refractivity contribution in [1.29, 1.82) is 0 Å². The molecule has 0 bridgehead atoms. The van der Waals surface area contributed by atoms with Crippen molar-refractivity contribution in [3.05, 3.63) is 41.0 Å². The SMILES string of the molecule is O=C(OC1O[C@@H]2COC(=O)c3cc(O)c(O)c(O)c3-c3c(cc(O)c(O)c3O)C(=O)O[C@H]2[C@H](O)[C@H]1O)c1cc(O)c(O)c(O)c1. The normalized spacial score (nSPS) is 22.9. The largest absolute Gasteiger partial charge is 0.504 e. The summed E-state index contributed by atoms with van der Waals surface area (Å²) < 4.78 is 20.9. The van der Waals surface area contributed by atoms with E-state index in [1.807, 2.05) is 0 Å². The number of aliphatic hydroxyl groups is 2. The van der Waals surface area contributed by atoms with Gasteiger partial charge in [0.1, 0.15) is 24.9 Å². The fraction of sp³-hybridized carbons (Fsp3) is 0.222. The summed E-state index contributed by atoms with van der Waals surface area (Å²) in [6, 6.07) is 2.51. The van der Waals surface area contributed by atoms with Crippen LogP contribution in [-0.2, 0) is 18.9 Å². The second-order valence-corrected chi connectivity index (χ2v) is 9.79. The molecule has 5 rings (SSSR count). The molecule has 0 amide bonds. The molecule has 0 aliphatic carbocycles. The molecule has 45 heavy (non-hydrogen) atoms. The number of esters is 3. The summed E-state index contributed by atoms with van der Waals surface area (Å²) in [5.74, 6) is -14.3. The number of aliphatic hydroxyl groups excluding tert-OH is 2. The van der Waals surface area contributed by atoms with Gasteiger partial charge in [0.05, 0.1) is 16.7 Å². The maximum atomic E-state index is 13.4. The lowest BCUT2D eigenvalue weighted by molar-refractivity contribution is -0.284. The first-order valence-electron chi connectivity index (χ1n) is 12.5. The van der Waals surface area contributed by atoms with E-state index in [4.69, 9.17) is 18.9 Å². The quantitative estimate of drug-likeness (QED) is 0.0979. The number of ether oxygens (including phenoxy) is 4. The van der Waals surface area contributed by atoms with Crippen LogP contribution in [0.5, 0.6) is 51.7 Å². The van der Waals surface area contributed by atoms with Crippen LogP contribution in [0.2, 0.25) is 0 Å². The van der Waals surface area contributed by atoms with Crippen LogP contribution in [0.4, 0.5) is 0 Å². The molecule has 3 aromatic rings. The molecule has 3 aromatic carbocycles. The van der Waals surface area contributed by atoms with Crippen LogP contribution in [0.3, 0.4) is 0 Å². The lowest BCUT2D eigenvalue weighted by Crippen LogP contribution is -2.61. The number of carbonyl (C=O) groups is 3. The molecule has 5 atom stereocenters. The zero-order valence-corrected chi connectivity index (χ0v) is 22.2. The maximum absolute atomic E-state index is 13.4. The van der Waals surface area contributed by atoms with E-state index in [-0.39, 0.29) is 0 Å². The first-order valence-corrected chi connectivity index (χ1v) is 12.5. The van der Waals surface area contributed by atoms with Crippen LogP contribution in [-0.4, -0.2) is 111 Å². The summed E-state index contributed by atoms with van der Waals surface area (Å²) in [4.78, 5) is 39.3. The number of rotatable bonds is 2. The Morgan fingerprint density at radius 1 is 0.667 bits per heavy atom. The zero-order valence-electron chi connectivity index (χ0n) is 22.2. The Labute approximate surface area is 248 Å². The first kappa shape index (κ1) is 30.6. The van der Waals surface area contributed by atoms with E-state index in [9.17, 15) is 70.6 Å². The van der Waals surface area contributed by atoms with Crippen molar-refractivity contribution < 1.29 is 89.5 Å². The molecule has 0 spiro atoms. The highest BCUT2D eigenvalue weighted by Crippen LogP contribution is 2.53. The van der Waals surface area contributed by atoms with Crippen LogP contribution < -0.4 is 0 Å². The minimum atomic E-state index is -2.18. The Balaban J connectivity index is 1.57. The molecule has 0 aromatic heterocycles. The third-order valence-corrected chi connectivity index (χ3v) is 6.99. The van der Waals surface area contributed by atoms with Crippen molar-refractivity contribution >= 4 is 17.9 Å². The second kappa shape index (κ2) is 11.0. The number of benzene rings is 3. The molecule has 11 N–H and O–H groups in total. The number of hydrogen-bond acceptors (Lipinski definition) is 18. The second-order valence-electron chi connectivity index (χ2n) is 9.79. The summed E-state index contributed by atoms with van der Waals surface area (Å²) in [5.41, 5.74) is -3.99. The van der Waals surface area contributed by atoms with E-state index in [2.05, 4.69) is 0 Å². The van der Waals surface area contributed by atoms with Gasteiger partial charge in [0, 0.05) is 11.1 Å². The van der Waals surface area contributed by atoms with Crippen molar-refractivity contribution in [2.45, 2.75) is 30.7 Å². The number of aromatic hydroxyl groups is 9. The molecule has 1 unspecified atom stereocenters. The van der Waals surface area contributed by atoms with Gasteiger partial charge >= 0.3 is 17.9 Å². The smallest absolute Gasteiger partial charge is 0.340 e. The number of carbonyl (C=O) groups excluding carboxylic acids is 3. The standard InChI is InChI=1S/C27H22O18/c28-9-1-6(2-10(29)16(9)32)24(39)45-27-22(38)21(37)23-13(43-27)5-42-25(40)7-3-11(30)17(33)19(35)14(7)15-8(26(41)44-23)4-12(31)18(34)20(15)36/h1-4,13,21-23,27-38H,5H2/t13-,21-,22-,23-,27?/m1/s1. The van der Waals surface area contributed by atoms with Gasteiger partial charge in [-0.25, -0.2) is 14.4 Å². The van der Waals surface area contributed by atoms with E-state index in [0.29, 0.717) is 24.3 Å². The van der Waals surface area contributed by atoms with Gasteiger partial charge in [-0.3, -0.25) is 0 Å². The van der Waals surface area contributed by atoms with Crippen molar-refractivity contribution in [2.75, 3.05) is 6.61 Å². The maximum Gasteiger partial charge on any atom is 0.340 e. The van der Waals surface area contributed by atoms with Gasteiger partial charge in [-0.15, -0.1) is 0 Å². The molecule has 1 saturated heterocycles. The number of phenolic OH excluding ortho intramolecular Hbond substituents is 9. The van der Waals surface area contributed by atoms with Crippen LogP contribution >= 0.6 is 0 Å². The first-order chi connectivity index (χ1) is 21.1. The van der Waals surface area contributed by atoms with Crippen LogP contribution in [0.15, 0.2) is 24.3 Å². The topological polar surface area (TPSA) is 311 Å². The Bertz CT molecular complexity index is 1730. The number of cyclic esters (lactones) is 1. The third-order valence-electron chi connectivity index (χ3n) is 6.99.